The Morgan fingerprint density at radius 2 is 2.14 bits per heavy atom. The van der Waals surface area contributed by atoms with Crippen molar-refractivity contribution in [2.45, 2.75) is 50.0 Å². The lowest BCUT2D eigenvalue weighted by Gasteiger charge is -2.28. The summed E-state index contributed by atoms with van der Waals surface area (Å²) >= 11 is 6.79. The van der Waals surface area contributed by atoms with Crippen molar-refractivity contribution in [1.82, 2.24) is 4.72 Å². The molecule has 0 aliphatic carbocycles. The molecule has 0 bridgehead atoms. The van der Waals surface area contributed by atoms with E-state index in [1.54, 1.807) is 6.07 Å². The van der Waals surface area contributed by atoms with Gasteiger partial charge in [0, 0.05) is 0 Å². The van der Waals surface area contributed by atoms with E-state index in [9.17, 15) is 13.5 Å². The minimum atomic E-state index is -3.68. The Morgan fingerprint density at radius 3 is 2.57 bits per heavy atom. The summed E-state index contributed by atoms with van der Waals surface area (Å²) in [4.78, 5) is 0. The van der Waals surface area contributed by atoms with Crippen molar-refractivity contribution >= 4 is 33.0 Å². The fourth-order valence-corrected chi connectivity index (χ4v) is 4.87. The Morgan fingerprint density at radius 1 is 1.52 bits per heavy atom. The summed E-state index contributed by atoms with van der Waals surface area (Å²) in [5.74, 6) is 0.00422. The summed E-state index contributed by atoms with van der Waals surface area (Å²) < 4.78 is 27.9. The molecule has 7 heteroatoms. The van der Waals surface area contributed by atoms with Crippen LogP contribution in [0.1, 0.15) is 33.6 Å². The standard InChI is InChI=1S/C14H22ClNO3S2/c1-5-10(4)14(11(17)8-9(2)3)16-21(18,19)13-7-6-12(15)20-13/h6-7,10-11,14,16-17H,2,5,8H2,1,3-4H3/t10-,11-,14+/m0/s1. The van der Waals surface area contributed by atoms with Crippen molar-refractivity contribution in [1.29, 1.82) is 0 Å². The van der Waals surface area contributed by atoms with Crippen LogP contribution in [0.4, 0.5) is 0 Å². The van der Waals surface area contributed by atoms with E-state index >= 15 is 0 Å². The molecule has 0 fully saturated rings. The summed E-state index contributed by atoms with van der Waals surface area (Å²) in [7, 11) is -3.68. The van der Waals surface area contributed by atoms with Gasteiger partial charge in [-0.15, -0.1) is 17.9 Å². The zero-order chi connectivity index (χ0) is 16.2. The largest absolute Gasteiger partial charge is 0.391 e. The van der Waals surface area contributed by atoms with Gasteiger partial charge in [0.1, 0.15) is 4.21 Å². The number of nitrogens with one attached hydrogen (secondary N) is 1. The van der Waals surface area contributed by atoms with Crippen molar-refractivity contribution < 1.29 is 13.5 Å². The first kappa shape index (κ1) is 18.6. The molecule has 0 radical (unpaired) electrons. The zero-order valence-electron chi connectivity index (χ0n) is 12.5. The SMILES string of the molecule is C=C(C)C[C@H](O)[C@H](NS(=O)(=O)c1ccc(Cl)s1)[C@@H](C)CC. The lowest BCUT2D eigenvalue weighted by Crippen LogP contribution is -2.47. The molecule has 4 nitrogen and oxygen atoms in total. The van der Waals surface area contributed by atoms with Gasteiger partial charge in [-0.2, -0.15) is 0 Å². The fourth-order valence-electron chi connectivity index (χ4n) is 1.99. The molecular formula is C14H22ClNO3S2. The molecule has 1 heterocycles. The smallest absolute Gasteiger partial charge is 0.250 e. The Balaban J connectivity index is 2.97. The third-order valence-corrected chi connectivity index (χ3v) is 6.52. The molecule has 0 aromatic carbocycles. The Kier molecular flexibility index (Phi) is 6.87. The lowest BCUT2D eigenvalue weighted by molar-refractivity contribution is 0.111. The van der Waals surface area contributed by atoms with Gasteiger partial charge in [0.2, 0.25) is 10.0 Å². The number of hydrogen-bond donors (Lipinski definition) is 2. The molecule has 3 atom stereocenters. The van der Waals surface area contributed by atoms with Gasteiger partial charge < -0.3 is 5.11 Å². The second-order valence-corrected chi connectivity index (χ2v) is 8.98. The average molecular weight is 352 g/mol. The van der Waals surface area contributed by atoms with E-state index in [0.717, 1.165) is 23.3 Å². The summed E-state index contributed by atoms with van der Waals surface area (Å²) in [5, 5.41) is 10.3. The van der Waals surface area contributed by atoms with Crippen LogP contribution in [0.5, 0.6) is 0 Å². The van der Waals surface area contributed by atoms with Gasteiger partial charge in [-0.25, -0.2) is 13.1 Å². The molecule has 21 heavy (non-hydrogen) atoms. The van der Waals surface area contributed by atoms with Crippen molar-refractivity contribution in [3.05, 3.63) is 28.6 Å². The van der Waals surface area contributed by atoms with E-state index in [1.807, 2.05) is 20.8 Å². The molecule has 0 aliphatic rings. The molecule has 2 N–H and O–H groups in total. The summed E-state index contributed by atoms with van der Waals surface area (Å²) in [6.45, 7) is 9.45. The highest BCUT2D eigenvalue weighted by Gasteiger charge is 2.30. The highest BCUT2D eigenvalue weighted by atomic mass is 35.5. The number of aliphatic hydroxyl groups is 1. The van der Waals surface area contributed by atoms with Gasteiger partial charge >= 0.3 is 0 Å². The number of hydrogen-bond acceptors (Lipinski definition) is 4. The molecule has 0 saturated carbocycles. The van der Waals surface area contributed by atoms with Crippen LogP contribution in [0, 0.1) is 5.92 Å². The second kappa shape index (κ2) is 7.74. The van der Waals surface area contributed by atoms with Crippen LogP contribution in [-0.2, 0) is 10.0 Å². The highest BCUT2D eigenvalue weighted by molar-refractivity contribution is 7.91. The maximum atomic E-state index is 12.4. The van der Waals surface area contributed by atoms with Gasteiger partial charge in [-0.3, -0.25) is 0 Å². The predicted octanol–water partition coefficient (Wildman–Crippen LogP) is 3.42. The van der Waals surface area contributed by atoms with E-state index in [-0.39, 0.29) is 10.1 Å². The summed E-state index contributed by atoms with van der Waals surface area (Å²) in [6, 6.07) is 2.45. The Labute approximate surface area is 135 Å². The maximum absolute atomic E-state index is 12.4. The van der Waals surface area contributed by atoms with Crippen LogP contribution in [0.25, 0.3) is 0 Å². The molecule has 0 saturated heterocycles. The van der Waals surface area contributed by atoms with Crippen molar-refractivity contribution in [2.24, 2.45) is 5.92 Å². The molecule has 0 spiro atoms. The predicted molar refractivity (Wildman–Crippen MR) is 88.3 cm³/mol. The third-order valence-electron chi connectivity index (χ3n) is 3.33. The van der Waals surface area contributed by atoms with E-state index in [2.05, 4.69) is 11.3 Å². The first-order valence-corrected chi connectivity index (χ1v) is 9.45. The monoisotopic (exact) mass is 351 g/mol. The summed E-state index contributed by atoms with van der Waals surface area (Å²) in [6.07, 6.45) is 0.316. The van der Waals surface area contributed by atoms with Gasteiger partial charge in [0.25, 0.3) is 0 Å². The van der Waals surface area contributed by atoms with Crippen LogP contribution in [-0.4, -0.2) is 25.7 Å². The Bertz CT molecular complexity index is 583. The molecule has 120 valence electrons. The number of rotatable bonds is 8. The summed E-state index contributed by atoms with van der Waals surface area (Å²) in [5.41, 5.74) is 0.814. The number of halogens is 1. The van der Waals surface area contributed by atoms with Crippen LogP contribution in [0.2, 0.25) is 4.34 Å². The quantitative estimate of drug-likeness (QED) is 0.705. The van der Waals surface area contributed by atoms with Crippen LogP contribution in [0.15, 0.2) is 28.5 Å². The van der Waals surface area contributed by atoms with Crippen LogP contribution < -0.4 is 4.72 Å². The van der Waals surface area contributed by atoms with Crippen LogP contribution >= 0.6 is 22.9 Å². The first-order chi connectivity index (χ1) is 9.67. The molecule has 0 aliphatic heterocycles. The molecule has 1 aromatic rings. The van der Waals surface area contributed by atoms with Crippen molar-refractivity contribution in [3.63, 3.8) is 0 Å². The Hall–Kier alpha value is -0.400. The minimum absolute atomic E-state index is 0.00422. The third kappa shape index (κ3) is 5.38. The molecule has 1 rings (SSSR count). The minimum Gasteiger partial charge on any atom is -0.391 e. The molecule has 0 amide bonds. The maximum Gasteiger partial charge on any atom is 0.250 e. The number of sulfonamides is 1. The first-order valence-electron chi connectivity index (χ1n) is 6.77. The number of aliphatic hydroxyl groups excluding tert-OH is 1. The van der Waals surface area contributed by atoms with E-state index < -0.39 is 22.2 Å². The molecule has 0 unspecified atom stereocenters. The topological polar surface area (TPSA) is 66.4 Å². The van der Waals surface area contributed by atoms with Gasteiger partial charge in [0.05, 0.1) is 16.5 Å². The lowest BCUT2D eigenvalue weighted by atomic mass is 9.92. The van der Waals surface area contributed by atoms with E-state index in [4.69, 9.17) is 11.6 Å². The molecular weight excluding hydrogens is 330 g/mol. The van der Waals surface area contributed by atoms with Crippen molar-refractivity contribution in [2.75, 3.05) is 0 Å². The van der Waals surface area contributed by atoms with E-state index in [1.165, 1.54) is 6.07 Å². The van der Waals surface area contributed by atoms with Gasteiger partial charge in [0.15, 0.2) is 0 Å². The second-order valence-electron chi connectivity index (χ2n) is 5.32. The fraction of sp³-hybridized carbons (Fsp3) is 0.571. The normalized spacial score (nSPS) is 16.4. The average Bonchev–Trinajstić information content (AvgIpc) is 2.81. The van der Waals surface area contributed by atoms with E-state index in [0.29, 0.717) is 10.8 Å². The highest BCUT2D eigenvalue weighted by Crippen LogP contribution is 2.27. The van der Waals surface area contributed by atoms with Gasteiger partial charge in [-0.1, -0.05) is 37.4 Å². The van der Waals surface area contributed by atoms with Crippen molar-refractivity contribution in [3.8, 4) is 0 Å². The van der Waals surface area contributed by atoms with Crippen LogP contribution in [0.3, 0.4) is 0 Å². The van der Waals surface area contributed by atoms with Gasteiger partial charge in [-0.05, 0) is 31.4 Å². The molecule has 1 aromatic heterocycles. The number of thiophene rings is 1. The zero-order valence-corrected chi connectivity index (χ0v) is 14.9.